The van der Waals surface area contributed by atoms with Crippen molar-refractivity contribution in [2.45, 2.75) is 6.92 Å². The van der Waals surface area contributed by atoms with Crippen molar-refractivity contribution >= 4 is 21.8 Å². The third kappa shape index (κ3) is 2.25. The molecule has 0 bridgehead atoms. The Morgan fingerprint density at radius 3 is 2.14 bits per heavy atom. The Balaban J connectivity index is 0.00000144. The maximum Gasteiger partial charge on any atom is 0 e. The van der Waals surface area contributed by atoms with Crippen molar-refractivity contribution in [3.05, 3.63) is 79.3 Å². The average Bonchev–Trinajstić information content (AvgIpc) is 2.81. The Labute approximate surface area is 143 Å². The number of aromatic nitrogens is 1. The Morgan fingerprint density at radius 1 is 0.727 bits per heavy atom. The number of hydrogen-bond acceptors (Lipinski definition) is 0. The van der Waals surface area contributed by atoms with Gasteiger partial charge in [-0.3, -0.25) is 0 Å². The molecular formula is C20H16NTc-. The maximum absolute atomic E-state index is 4.17. The number of fused-ring (bicyclic) bond motifs is 3. The molecule has 0 fully saturated rings. The number of para-hydroxylation sites is 1. The molecule has 1 radical (unpaired) electrons. The van der Waals surface area contributed by atoms with Crippen molar-refractivity contribution < 1.29 is 20.1 Å². The summed E-state index contributed by atoms with van der Waals surface area (Å²) < 4.78 is 2.02. The molecule has 1 aromatic heterocycles. The number of hydrogen-bond donors (Lipinski definition) is 0. The van der Waals surface area contributed by atoms with Crippen LogP contribution in [0.1, 0.15) is 5.56 Å². The summed E-state index contributed by atoms with van der Waals surface area (Å²) in [5, 5.41) is 2.52. The standard InChI is InChI=1S/C20H16N.Tc/c1-14-7-9-15(10-8-14)16-11-12-20-18(13-16)17-5-3-4-6-19(17)21(20)2;/h3-13H,2H2,1H3;/q-1;. The molecule has 0 N–H and O–H groups in total. The van der Waals surface area contributed by atoms with Crippen LogP contribution in [-0.4, -0.2) is 4.57 Å². The fourth-order valence-corrected chi connectivity index (χ4v) is 2.98. The largest absolute Gasteiger partial charge is 0.481 e. The van der Waals surface area contributed by atoms with Crippen molar-refractivity contribution in [2.75, 3.05) is 0 Å². The molecule has 0 aliphatic rings. The van der Waals surface area contributed by atoms with Crippen molar-refractivity contribution in [3.8, 4) is 11.1 Å². The van der Waals surface area contributed by atoms with Gasteiger partial charge in [0, 0.05) is 20.1 Å². The fraction of sp³-hybridized carbons (Fsp3) is 0.0500. The fourth-order valence-electron chi connectivity index (χ4n) is 2.98. The smallest absolute Gasteiger partial charge is 0 e. The topological polar surface area (TPSA) is 4.93 Å². The molecular weight excluding hydrogens is 352 g/mol. The Bertz CT molecular complexity index is 949. The number of nitrogens with zero attached hydrogens (tertiary/aromatic N) is 1. The number of benzene rings is 3. The predicted molar refractivity (Wildman–Crippen MR) is 90.4 cm³/mol. The molecule has 0 saturated carbocycles. The summed E-state index contributed by atoms with van der Waals surface area (Å²) in [5.74, 6) is 0. The van der Waals surface area contributed by atoms with Gasteiger partial charge in [-0.25, -0.2) is 0 Å². The van der Waals surface area contributed by atoms with Crippen molar-refractivity contribution in [3.63, 3.8) is 0 Å². The van der Waals surface area contributed by atoms with Crippen LogP contribution in [0, 0.1) is 14.0 Å². The van der Waals surface area contributed by atoms with Crippen LogP contribution in [0.2, 0.25) is 0 Å². The molecule has 4 rings (SSSR count). The Morgan fingerprint density at radius 2 is 1.36 bits per heavy atom. The molecule has 4 aromatic rings. The third-order valence-electron chi connectivity index (χ3n) is 4.16. The van der Waals surface area contributed by atoms with E-state index in [1.54, 1.807) is 0 Å². The van der Waals surface area contributed by atoms with Gasteiger partial charge < -0.3 is 4.57 Å². The van der Waals surface area contributed by atoms with E-state index in [9.17, 15) is 0 Å². The second-order valence-electron chi connectivity index (χ2n) is 5.54. The zero-order valence-corrected chi connectivity index (χ0v) is 14.2. The molecule has 2 heteroatoms. The quantitative estimate of drug-likeness (QED) is 0.396. The summed E-state index contributed by atoms with van der Waals surface area (Å²) in [7, 11) is 4.17. The van der Waals surface area contributed by atoms with E-state index in [0.717, 1.165) is 0 Å². The minimum absolute atomic E-state index is 0. The molecule has 0 unspecified atom stereocenters. The van der Waals surface area contributed by atoms with E-state index < -0.39 is 0 Å². The predicted octanol–water partition coefficient (Wildman–Crippen LogP) is 5.41. The Kier molecular flexibility index (Phi) is 3.82. The zero-order valence-electron chi connectivity index (χ0n) is 12.4. The third-order valence-corrected chi connectivity index (χ3v) is 4.16. The van der Waals surface area contributed by atoms with Crippen LogP contribution in [0.4, 0.5) is 0 Å². The van der Waals surface area contributed by atoms with Gasteiger partial charge in [-0.15, -0.1) is 7.05 Å². The molecule has 0 saturated heterocycles. The second-order valence-corrected chi connectivity index (χ2v) is 5.54. The molecule has 0 aliphatic heterocycles. The number of aryl methyl sites for hydroxylation is 1. The summed E-state index contributed by atoms with van der Waals surface area (Å²) in [5.41, 5.74) is 6.14. The molecule has 22 heavy (non-hydrogen) atoms. The minimum atomic E-state index is 0. The molecule has 1 heterocycles. The van der Waals surface area contributed by atoms with Crippen LogP contribution in [0.25, 0.3) is 32.9 Å². The molecule has 0 atom stereocenters. The van der Waals surface area contributed by atoms with Crippen molar-refractivity contribution in [1.82, 2.24) is 4.57 Å². The second kappa shape index (κ2) is 5.64. The van der Waals surface area contributed by atoms with Crippen LogP contribution >= 0.6 is 0 Å². The first-order chi connectivity index (χ1) is 10.2. The van der Waals surface area contributed by atoms with Crippen LogP contribution in [0.15, 0.2) is 66.7 Å². The van der Waals surface area contributed by atoms with Crippen LogP contribution < -0.4 is 0 Å². The molecule has 0 amide bonds. The van der Waals surface area contributed by atoms with Gasteiger partial charge in [0.1, 0.15) is 0 Å². The van der Waals surface area contributed by atoms with Gasteiger partial charge in [-0.1, -0.05) is 94.1 Å². The molecule has 109 valence electrons. The summed E-state index contributed by atoms with van der Waals surface area (Å²) in [6, 6.07) is 23.7. The number of rotatable bonds is 1. The van der Waals surface area contributed by atoms with E-state index in [4.69, 9.17) is 0 Å². The zero-order chi connectivity index (χ0) is 14.4. The summed E-state index contributed by atoms with van der Waals surface area (Å²) >= 11 is 0. The van der Waals surface area contributed by atoms with Gasteiger partial charge in [-0.05, 0) is 18.1 Å². The van der Waals surface area contributed by atoms with Crippen LogP contribution in [0.3, 0.4) is 0 Å². The van der Waals surface area contributed by atoms with Gasteiger partial charge in [0.15, 0.2) is 0 Å². The minimum Gasteiger partial charge on any atom is -0.481 e. The van der Waals surface area contributed by atoms with Crippen LogP contribution in [-0.2, 0) is 20.1 Å². The van der Waals surface area contributed by atoms with Gasteiger partial charge in [0.05, 0.1) is 0 Å². The van der Waals surface area contributed by atoms with E-state index in [2.05, 4.69) is 80.7 Å². The maximum atomic E-state index is 4.17. The molecule has 1 nitrogen and oxygen atoms in total. The summed E-state index contributed by atoms with van der Waals surface area (Å²) in [6.07, 6.45) is 0. The molecule has 3 aromatic carbocycles. The SMILES string of the molecule is [CH2-]n1c2ccccc2c2cc(-c3ccc(C)cc3)ccc21.[Tc]. The monoisotopic (exact) mass is 367 g/mol. The van der Waals surface area contributed by atoms with E-state index in [0.29, 0.717) is 0 Å². The van der Waals surface area contributed by atoms with Gasteiger partial charge in [0.2, 0.25) is 0 Å². The van der Waals surface area contributed by atoms with E-state index in [1.165, 1.54) is 38.5 Å². The van der Waals surface area contributed by atoms with E-state index >= 15 is 0 Å². The van der Waals surface area contributed by atoms with Crippen molar-refractivity contribution in [1.29, 1.82) is 0 Å². The van der Waals surface area contributed by atoms with E-state index in [1.807, 2.05) is 4.57 Å². The molecule has 0 spiro atoms. The Hall–Kier alpha value is -2.02. The first-order valence-corrected chi connectivity index (χ1v) is 7.15. The van der Waals surface area contributed by atoms with Gasteiger partial charge in [0.25, 0.3) is 0 Å². The van der Waals surface area contributed by atoms with Crippen LogP contribution in [0.5, 0.6) is 0 Å². The first-order valence-electron chi connectivity index (χ1n) is 7.15. The summed E-state index contributed by atoms with van der Waals surface area (Å²) in [4.78, 5) is 0. The van der Waals surface area contributed by atoms with Gasteiger partial charge in [-0.2, -0.15) is 0 Å². The van der Waals surface area contributed by atoms with E-state index in [-0.39, 0.29) is 20.1 Å². The molecule has 0 aliphatic carbocycles. The summed E-state index contributed by atoms with van der Waals surface area (Å²) in [6.45, 7) is 2.11. The van der Waals surface area contributed by atoms with Gasteiger partial charge >= 0.3 is 0 Å². The van der Waals surface area contributed by atoms with Crippen molar-refractivity contribution in [2.24, 2.45) is 0 Å². The normalized spacial score (nSPS) is 10.8. The first kappa shape index (κ1) is 14.9. The average molecular weight is 368 g/mol.